The average molecular weight is 449 g/mol. The van der Waals surface area contributed by atoms with Gasteiger partial charge in [-0.05, 0) is 42.0 Å². The van der Waals surface area contributed by atoms with E-state index < -0.39 is 21.3 Å². The van der Waals surface area contributed by atoms with Crippen LogP contribution >= 0.6 is 0 Å². The van der Waals surface area contributed by atoms with Crippen molar-refractivity contribution in [1.82, 2.24) is 9.78 Å². The molecule has 0 atom stereocenters. The predicted octanol–water partition coefficient (Wildman–Crippen LogP) is 2.39. The largest absolute Gasteiger partial charge is 0.496 e. The van der Waals surface area contributed by atoms with Crippen molar-refractivity contribution in [2.45, 2.75) is 16.3 Å². The molecule has 0 radical (unpaired) electrons. The first kappa shape index (κ1) is 21.3. The van der Waals surface area contributed by atoms with E-state index in [2.05, 4.69) is 5.10 Å². The van der Waals surface area contributed by atoms with Gasteiger partial charge < -0.3 is 10.5 Å². The van der Waals surface area contributed by atoms with Crippen LogP contribution in [0, 0.1) is 0 Å². The molecule has 32 heavy (non-hydrogen) atoms. The van der Waals surface area contributed by atoms with Crippen LogP contribution in [0.1, 0.15) is 15.9 Å². The summed E-state index contributed by atoms with van der Waals surface area (Å²) in [7, 11) is -2.30. The number of carbonyl (C=O) groups excluding carboxylic acids is 1. The molecule has 0 saturated heterocycles. The van der Waals surface area contributed by atoms with E-state index in [0.717, 1.165) is 0 Å². The molecule has 8 nitrogen and oxygen atoms in total. The fourth-order valence-corrected chi connectivity index (χ4v) is 4.82. The maximum absolute atomic E-state index is 13.0. The molecule has 9 heteroatoms. The monoisotopic (exact) mass is 449 g/mol. The normalized spacial score (nSPS) is 11.4. The average Bonchev–Trinajstić information content (AvgIpc) is 2.80. The van der Waals surface area contributed by atoms with Crippen LogP contribution in [-0.4, -0.2) is 31.2 Å². The summed E-state index contributed by atoms with van der Waals surface area (Å²) < 4.78 is 32.1. The van der Waals surface area contributed by atoms with E-state index in [9.17, 15) is 18.0 Å². The van der Waals surface area contributed by atoms with Crippen LogP contribution in [0.4, 0.5) is 0 Å². The Hall–Kier alpha value is -3.98. The summed E-state index contributed by atoms with van der Waals surface area (Å²) in [5.74, 6) is -0.373. The zero-order valence-corrected chi connectivity index (χ0v) is 17.9. The lowest BCUT2D eigenvalue weighted by Gasteiger charge is -2.12. The van der Waals surface area contributed by atoms with Gasteiger partial charge in [0, 0.05) is 5.39 Å². The number of nitrogens with zero attached hydrogens (tertiary/aromatic N) is 2. The first-order valence-corrected chi connectivity index (χ1v) is 11.1. The number of carbonyl (C=O) groups is 1. The Labute approximate surface area is 183 Å². The van der Waals surface area contributed by atoms with E-state index in [4.69, 9.17) is 10.5 Å². The van der Waals surface area contributed by atoms with Crippen molar-refractivity contribution in [3.05, 3.63) is 94.4 Å². The number of amides is 1. The van der Waals surface area contributed by atoms with E-state index in [1.54, 1.807) is 36.4 Å². The summed E-state index contributed by atoms with van der Waals surface area (Å²) in [6.07, 6.45) is 1.42. The second kappa shape index (κ2) is 8.27. The molecule has 4 aromatic rings. The number of methoxy groups -OCH3 is 1. The number of benzene rings is 3. The number of sulfone groups is 1. The SMILES string of the molecule is COc1cccc(Cn2ncc3cc(S(=O)(=O)c4ccccc4)ccc3c2=O)c1C(N)=O. The smallest absolute Gasteiger partial charge is 0.274 e. The van der Waals surface area contributed by atoms with Crippen LogP contribution in [0.2, 0.25) is 0 Å². The van der Waals surface area contributed by atoms with Gasteiger partial charge in [-0.2, -0.15) is 5.10 Å². The highest BCUT2D eigenvalue weighted by Gasteiger charge is 2.19. The molecule has 4 rings (SSSR count). The van der Waals surface area contributed by atoms with Gasteiger partial charge in [-0.1, -0.05) is 30.3 Å². The van der Waals surface area contributed by atoms with Crippen molar-refractivity contribution in [3.8, 4) is 5.75 Å². The number of nitrogens with two attached hydrogens (primary N) is 1. The first-order chi connectivity index (χ1) is 15.3. The van der Waals surface area contributed by atoms with E-state index in [-0.39, 0.29) is 21.9 Å². The number of aromatic nitrogens is 2. The molecule has 0 aliphatic rings. The molecule has 0 aliphatic carbocycles. The molecular weight excluding hydrogens is 430 g/mol. The third kappa shape index (κ3) is 3.74. The molecule has 0 spiro atoms. The fraction of sp³-hybridized carbons (Fsp3) is 0.0870. The number of fused-ring (bicyclic) bond motifs is 1. The van der Waals surface area contributed by atoms with Gasteiger partial charge in [0.2, 0.25) is 9.84 Å². The maximum Gasteiger partial charge on any atom is 0.274 e. The number of hydrogen-bond donors (Lipinski definition) is 1. The Morgan fingerprint density at radius 2 is 1.78 bits per heavy atom. The second-order valence-corrected chi connectivity index (χ2v) is 8.98. The molecule has 1 amide bonds. The van der Waals surface area contributed by atoms with Gasteiger partial charge in [0.15, 0.2) is 0 Å². The Bertz CT molecular complexity index is 1500. The van der Waals surface area contributed by atoms with Gasteiger partial charge in [0.05, 0.1) is 40.6 Å². The molecule has 0 saturated carbocycles. The van der Waals surface area contributed by atoms with Crippen LogP contribution in [0.15, 0.2) is 87.5 Å². The third-order valence-electron chi connectivity index (χ3n) is 5.09. The molecule has 0 bridgehead atoms. The molecule has 1 heterocycles. The molecule has 0 unspecified atom stereocenters. The zero-order chi connectivity index (χ0) is 22.9. The first-order valence-electron chi connectivity index (χ1n) is 9.58. The quantitative estimate of drug-likeness (QED) is 0.482. The van der Waals surface area contributed by atoms with Gasteiger partial charge in [-0.3, -0.25) is 9.59 Å². The van der Waals surface area contributed by atoms with Crippen molar-refractivity contribution in [2.24, 2.45) is 5.73 Å². The van der Waals surface area contributed by atoms with Crippen molar-refractivity contribution in [1.29, 1.82) is 0 Å². The lowest BCUT2D eigenvalue weighted by molar-refractivity contribution is 0.0996. The van der Waals surface area contributed by atoms with Gasteiger partial charge in [0.1, 0.15) is 5.75 Å². The Balaban J connectivity index is 1.77. The van der Waals surface area contributed by atoms with Crippen LogP contribution in [0.5, 0.6) is 5.75 Å². The minimum Gasteiger partial charge on any atom is -0.496 e. The maximum atomic E-state index is 13.0. The summed E-state index contributed by atoms with van der Waals surface area (Å²) in [5, 5.41) is 4.86. The predicted molar refractivity (Wildman–Crippen MR) is 119 cm³/mol. The van der Waals surface area contributed by atoms with Gasteiger partial charge in [-0.15, -0.1) is 0 Å². The number of ether oxygens (including phenoxy) is 1. The van der Waals surface area contributed by atoms with Crippen molar-refractivity contribution in [3.63, 3.8) is 0 Å². The highest BCUT2D eigenvalue weighted by Crippen LogP contribution is 2.24. The van der Waals surface area contributed by atoms with Crippen LogP contribution in [-0.2, 0) is 16.4 Å². The summed E-state index contributed by atoms with van der Waals surface area (Å²) in [4.78, 5) is 25.2. The molecule has 3 aromatic carbocycles. The van der Waals surface area contributed by atoms with E-state index in [0.29, 0.717) is 22.1 Å². The zero-order valence-electron chi connectivity index (χ0n) is 17.1. The molecule has 1 aromatic heterocycles. The van der Waals surface area contributed by atoms with E-state index in [1.807, 2.05) is 0 Å². The summed E-state index contributed by atoms with van der Waals surface area (Å²) in [6.45, 7) is -0.00564. The van der Waals surface area contributed by atoms with Crippen LogP contribution < -0.4 is 16.0 Å². The third-order valence-corrected chi connectivity index (χ3v) is 6.85. The van der Waals surface area contributed by atoms with E-state index >= 15 is 0 Å². The summed E-state index contributed by atoms with van der Waals surface area (Å²) in [5.41, 5.74) is 5.72. The Morgan fingerprint density at radius 3 is 2.47 bits per heavy atom. The van der Waals surface area contributed by atoms with E-state index in [1.165, 1.54) is 48.3 Å². The summed E-state index contributed by atoms with van der Waals surface area (Å²) >= 11 is 0. The molecule has 0 aliphatic heterocycles. The highest BCUT2D eigenvalue weighted by atomic mass is 32.2. The second-order valence-electron chi connectivity index (χ2n) is 7.03. The van der Waals surface area contributed by atoms with Gasteiger partial charge in [0.25, 0.3) is 11.5 Å². The van der Waals surface area contributed by atoms with Crippen LogP contribution in [0.25, 0.3) is 10.8 Å². The molecule has 0 fully saturated rings. The van der Waals surface area contributed by atoms with Crippen molar-refractivity contribution < 1.29 is 17.9 Å². The minimum atomic E-state index is -3.73. The number of primary amides is 1. The Morgan fingerprint density at radius 1 is 1.03 bits per heavy atom. The lowest BCUT2D eigenvalue weighted by Crippen LogP contribution is -2.25. The van der Waals surface area contributed by atoms with Crippen molar-refractivity contribution >= 4 is 26.5 Å². The Kier molecular flexibility index (Phi) is 5.50. The van der Waals surface area contributed by atoms with Gasteiger partial charge in [-0.25, -0.2) is 13.1 Å². The fourth-order valence-electron chi connectivity index (χ4n) is 3.50. The summed E-state index contributed by atoms with van der Waals surface area (Å²) in [6, 6.07) is 17.3. The minimum absolute atomic E-state index is 0.00564. The molecule has 162 valence electrons. The van der Waals surface area contributed by atoms with Gasteiger partial charge >= 0.3 is 0 Å². The molecular formula is C23H19N3O5S. The standard InChI is InChI=1S/C23H19N3O5S/c1-31-20-9-5-6-15(21(20)22(24)27)14-26-23(28)19-11-10-18(12-16(19)13-25-26)32(29,30)17-7-3-2-4-8-17/h2-13H,14H2,1H3,(H2,24,27). The molecule has 2 N–H and O–H groups in total. The topological polar surface area (TPSA) is 121 Å². The number of rotatable bonds is 6. The van der Waals surface area contributed by atoms with Crippen molar-refractivity contribution in [2.75, 3.05) is 7.11 Å². The lowest BCUT2D eigenvalue weighted by atomic mass is 10.1. The highest BCUT2D eigenvalue weighted by molar-refractivity contribution is 7.91. The number of hydrogen-bond acceptors (Lipinski definition) is 6. The van der Waals surface area contributed by atoms with Crippen LogP contribution in [0.3, 0.4) is 0 Å².